The number of rotatable bonds is 6. The van der Waals surface area contributed by atoms with E-state index >= 15 is 0 Å². The molecular weight excluding hydrogens is 494 g/mol. The quantitative estimate of drug-likeness (QED) is 0.389. The Labute approximate surface area is 226 Å². The van der Waals surface area contributed by atoms with E-state index in [-0.39, 0.29) is 25.0 Å². The molecule has 2 fully saturated rings. The van der Waals surface area contributed by atoms with Gasteiger partial charge in [0.15, 0.2) is 0 Å². The highest BCUT2D eigenvalue weighted by atomic mass is 16.5. The summed E-state index contributed by atoms with van der Waals surface area (Å²) in [6.07, 6.45) is 0.610. The third kappa shape index (κ3) is 3.61. The minimum absolute atomic E-state index is 0.194. The van der Waals surface area contributed by atoms with Gasteiger partial charge in [-0.2, -0.15) is 0 Å². The van der Waals surface area contributed by atoms with Crippen molar-refractivity contribution < 1.29 is 23.9 Å². The summed E-state index contributed by atoms with van der Waals surface area (Å²) in [5.41, 5.74) is 0.231. The summed E-state index contributed by atoms with van der Waals surface area (Å²) in [6.45, 7) is 5.75. The smallest absolute Gasteiger partial charge is 0.326 e. The number of para-hydroxylation sites is 1. The molecule has 3 aliphatic rings. The van der Waals surface area contributed by atoms with E-state index in [1.807, 2.05) is 48.5 Å². The van der Waals surface area contributed by atoms with E-state index in [2.05, 4.69) is 19.2 Å². The van der Waals surface area contributed by atoms with Crippen LogP contribution < -0.4 is 15.1 Å². The predicted octanol–water partition coefficient (Wildman–Crippen LogP) is 3.77. The van der Waals surface area contributed by atoms with Gasteiger partial charge in [0.25, 0.3) is 5.91 Å². The second-order valence-electron chi connectivity index (χ2n) is 10.9. The number of imide groups is 1. The molecule has 39 heavy (non-hydrogen) atoms. The highest BCUT2D eigenvalue weighted by Crippen LogP contribution is 2.56. The number of ether oxygens (including phenoxy) is 1. The van der Waals surface area contributed by atoms with Gasteiger partial charge in [-0.1, -0.05) is 68.4 Å². The van der Waals surface area contributed by atoms with Crippen LogP contribution in [0.25, 0.3) is 10.8 Å². The van der Waals surface area contributed by atoms with Crippen molar-refractivity contribution in [2.24, 2.45) is 17.8 Å². The molecule has 0 bridgehead atoms. The summed E-state index contributed by atoms with van der Waals surface area (Å²) in [5, 5.41) is 5.22. The molecule has 0 radical (unpaired) electrons. The Morgan fingerprint density at radius 3 is 2.41 bits per heavy atom. The van der Waals surface area contributed by atoms with Gasteiger partial charge in [0.1, 0.15) is 12.1 Å². The van der Waals surface area contributed by atoms with E-state index in [0.29, 0.717) is 23.4 Å². The number of benzene rings is 3. The standard InChI is InChI=1S/C31H31N3O5/c1-4-39-25(35)17-33-24-14-8-7-13-21(24)31(30(33)38)27-26(22(32-31)16-18(2)3)28(36)34(29(27)37)23-15-9-11-19-10-5-6-12-20(19)23/h5-15,18,22,26-27,32H,4,16-17H2,1-3H3/t22-,26-,27-,31+/m1/s1. The van der Waals surface area contributed by atoms with Crippen molar-refractivity contribution in [3.05, 3.63) is 72.3 Å². The Balaban J connectivity index is 1.51. The van der Waals surface area contributed by atoms with Crippen LogP contribution in [-0.2, 0) is 29.5 Å². The molecule has 8 heteroatoms. The summed E-state index contributed by atoms with van der Waals surface area (Å²) in [4.78, 5) is 58.2. The third-order valence-electron chi connectivity index (χ3n) is 8.19. The fraction of sp³-hybridized carbons (Fsp3) is 0.355. The van der Waals surface area contributed by atoms with Crippen molar-refractivity contribution in [1.29, 1.82) is 0 Å². The van der Waals surface area contributed by atoms with Crippen molar-refractivity contribution in [2.75, 3.05) is 23.0 Å². The minimum Gasteiger partial charge on any atom is -0.465 e. The molecule has 0 unspecified atom stereocenters. The van der Waals surface area contributed by atoms with Crippen LogP contribution in [0.5, 0.6) is 0 Å². The molecular formula is C31H31N3O5. The van der Waals surface area contributed by atoms with Gasteiger partial charge in [0, 0.05) is 22.7 Å². The summed E-state index contributed by atoms with van der Waals surface area (Å²) in [7, 11) is 0. The number of carbonyl (C=O) groups excluding carboxylic acids is 4. The molecule has 3 aliphatic heterocycles. The molecule has 0 saturated carbocycles. The van der Waals surface area contributed by atoms with Crippen molar-refractivity contribution >= 4 is 45.8 Å². The molecule has 200 valence electrons. The zero-order valence-corrected chi connectivity index (χ0v) is 22.2. The Morgan fingerprint density at radius 1 is 0.949 bits per heavy atom. The van der Waals surface area contributed by atoms with Gasteiger partial charge in [-0.05, 0) is 36.8 Å². The maximum absolute atomic E-state index is 14.4. The maximum Gasteiger partial charge on any atom is 0.326 e. The number of fused-ring (bicyclic) bond motifs is 5. The van der Waals surface area contributed by atoms with Gasteiger partial charge in [-0.3, -0.25) is 29.4 Å². The predicted molar refractivity (Wildman–Crippen MR) is 147 cm³/mol. The molecule has 3 aromatic carbocycles. The normalized spacial score (nSPS) is 25.7. The summed E-state index contributed by atoms with van der Waals surface area (Å²) < 4.78 is 5.15. The van der Waals surface area contributed by atoms with E-state index in [4.69, 9.17) is 4.74 Å². The van der Waals surface area contributed by atoms with E-state index < -0.39 is 41.2 Å². The molecule has 0 aliphatic carbocycles. The van der Waals surface area contributed by atoms with Crippen LogP contribution in [0.15, 0.2) is 66.7 Å². The minimum atomic E-state index is -1.46. The summed E-state index contributed by atoms with van der Waals surface area (Å²) in [6, 6.07) is 20.0. The molecule has 3 heterocycles. The van der Waals surface area contributed by atoms with Crippen molar-refractivity contribution in [1.82, 2.24) is 5.32 Å². The number of amides is 3. The maximum atomic E-state index is 14.4. The molecule has 1 spiro atoms. The number of esters is 1. The number of anilines is 2. The summed E-state index contributed by atoms with van der Waals surface area (Å²) in [5.74, 6) is -3.09. The highest BCUT2D eigenvalue weighted by Gasteiger charge is 2.71. The third-order valence-corrected chi connectivity index (χ3v) is 8.19. The Kier molecular flexibility index (Phi) is 6.03. The molecule has 8 nitrogen and oxygen atoms in total. The average molecular weight is 526 g/mol. The molecule has 2 saturated heterocycles. The lowest BCUT2D eigenvalue weighted by Gasteiger charge is -2.31. The Bertz CT molecular complexity index is 1510. The van der Waals surface area contributed by atoms with E-state index in [1.165, 1.54) is 9.80 Å². The van der Waals surface area contributed by atoms with E-state index in [0.717, 1.165) is 10.8 Å². The SMILES string of the molecule is CCOC(=O)CN1C(=O)[C@]2(N[C@H](CC(C)C)[C@H]3C(=O)N(c4cccc5ccccc45)C(=O)[C@@H]32)c2ccccc21. The first-order valence-electron chi connectivity index (χ1n) is 13.5. The molecule has 0 aromatic heterocycles. The first-order valence-corrected chi connectivity index (χ1v) is 13.5. The van der Waals surface area contributed by atoms with Crippen LogP contribution >= 0.6 is 0 Å². The lowest BCUT2D eigenvalue weighted by molar-refractivity contribution is -0.142. The molecule has 3 aromatic rings. The number of carbonyl (C=O) groups is 4. The van der Waals surface area contributed by atoms with Crippen molar-refractivity contribution in [3.63, 3.8) is 0 Å². The summed E-state index contributed by atoms with van der Waals surface area (Å²) >= 11 is 0. The largest absolute Gasteiger partial charge is 0.465 e. The zero-order valence-electron chi connectivity index (χ0n) is 22.2. The van der Waals surface area contributed by atoms with Crippen LogP contribution in [0.2, 0.25) is 0 Å². The average Bonchev–Trinajstić information content (AvgIpc) is 3.47. The van der Waals surface area contributed by atoms with Gasteiger partial charge in [0.2, 0.25) is 11.8 Å². The number of hydrogen-bond acceptors (Lipinski definition) is 6. The van der Waals surface area contributed by atoms with Gasteiger partial charge in [-0.15, -0.1) is 0 Å². The Morgan fingerprint density at radius 2 is 1.64 bits per heavy atom. The topological polar surface area (TPSA) is 96.0 Å². The fourth-order valence-corrected chi connectivity index (χ4v) is 6.79. The van der Waals surface area contributed by atoms with Crippen LogP contribution in [0.1, 0.15) is 32.8 Å². The van der Waals surface area contributed by atoms with Crippen LogP contribution in [-0.4, -0.2) is 42.9 Å². The van der Waals surface area contributed by atoms with Crippen LogP contribution in [0, 0.1) is 17.8 Å². The molecule has 6 rings (SSSR count). The van der Waals surface area contributed by atoms with Gasteiger partial charge in [-0.25, -0.2) is 4.90 Å². The lowest BCUT2D eigenvalue weighted by Crippen LogP contribution is -2.55. The lowest BCUT2D eigenvalue weighted by atomic mass is 9.76. The molecule has 4 atom stereocenters. The first-order chi connectivity index (χ1) is 18.8. The fourth-order valence-electron chi connectivity index (χ4n) is 6.79. The van der Waals surface area contributed by atoms with Crippen molar-refractivity contribution in [2.45, 2.75) is 38.8 Å². The van der Waals surface area contributed by atoms with Gasteiger partial charge < -0.3 is 4.74 Å². The van der Waals surface area contributed by atoms with Gasteiger partial charge >= 0.3 is 5.97 Å². The van der Waals surface area contributed by atoms with E-state index in [9.17, 15) is 19.2 Å². The van der Waals surface area contributed by atoms with Crippen LogP contribution in [0.4, 0.5) is 11.4 Å². The first kappa shape index (κ1) is 25.2. The number of nitrogens with one attached hydrogen (secondary N) is 1. The Hall–Kier alpha value is -4.04. The monoisotopic (exact) mass is 525 g/mol. The highest BCUT2D eigenvalue weighted by molar-refractivity contribution is 6.28. The van der Waals surface area contributed by atoms with E-state index in [1.54, 1.807) is 25.1 Å². The molecule has 3 amide bonds. The second kappa shape index (κ2) is 9.31. The van der Waals surface area contributed by atoms with Crippen molar-refractivity contribution in [3.8, 4) is 0 Å². The molecule has 1 N–H and O–H groups in total. The number of hydrogen-bond donors (Lipinski definition) is 1. The second-order valence-corrected chi connectivity index (χ2v) is 10.9. The zero-order chi connectivity index (χ0) is 27.5. The van der Waals surface area contributed by atoms with Crippen LogP contribution in [0.3, 0.4) is 0 Å². The van der Waals surface area contributed by atoms with Gasteiger partial charge in [0.05, 0.1) is 24.1 Å². The number of nitrogens with zero attached hydrogens (tertiary/aromatic N) is 2.